The molecule has 1 nitrogen and oxygen atoms in total. The first-order chi connectivity index (χ1) is 6.34. The van der Waals surface area contributed by atoms with Gasteiger partial charge in [-0.3, -0.25) is 0 Å². The molecule has 0 atom stereocenters. The minimum Gasteiger partial charge on any atom is -0.356 e. The molecular formula is C10H8ClNS. The Kier molecular flexibility index (Phi) is 2.62. The third-order valence-corrected chi connectivity index (χ3v) is 2.79. The normalized spacial score (nSPS) is 10.2. The Morgan fingerprint density at radius 1 is 1.15 bits per heavy atom. The lowest BCUT2D eigenvalue weighted by atomic mass is 10.4. The zero-order valence-electron chi connectivity index (χ0n) is 6.83. The monoisotopic (exact) mass is 209 g/mol. The van der Waals surface area contributed by atoms with E-state index >= 15 is 0 Å². The molecule has 0 spiro atoms. The van der Waals surface area contributed by atoms with Crippen LogP contribution in [-0.4, -0.2) is 4.98 Å². The smallest absolute Gasteiger partial charge is 0.0769 e. The van der Waals surface area contributed by atoms with E-state index in [1.165, 1.54) is 0 Å². The Balaban J connectivity index is 2.19. The number of H-pyrrole nitrogens is 1. The summed E-state index contributed by atoms with van der Waals surface area (Å²) in [5.41, 5.74) is 0. The van der Waals surface area contributed by atoms with Crippen molar-refractivity contribution in [1.29, 1.82) is 0 Å². The lowest BCUT2D eigenvalue weighted by molar-refractivity contribution is 1.20. The summed E-state index contributed by atoms with van der Waals surface area (Å²) in [6.45, 7) is 0. The van der Waals surface area contributed by atoms with Crippen LogP contribution in [-0.2, 0) is 0 Å². The molecule has 0 saturated carbocycles. The number of rotatable bonds is 2. The molecule has 1 aromatic carbocycles. The van der Waals surface area contributed by atoms with Crippen molar-refractivity contribution in [1.82, 2.24) is 4.98 Å². The van der Waals surface area contributed by atoms with Crippen LogP contribution in [0.25, 0.3) is 0 Å². The zero-order valence-corrected chi connectivity index (χ0v) is 8.40. The van der Waals surface area contributed by atoms with E-state index in [1.807, 2.05) is 42.6 Å². The molecule has 13 heavy (non-hydrogen) atoms. The van der Waals surface area contributed by atoms with Gasteiger partial charge in [0.2, 0.25) is 0 Å². The largest absolute Gasteiger partial charge is 0.356 e. The van der Waals surface area contributed by atoms with Gasteiger partial charge in [-0.25, -0.2) is 0 Å². The molecule has 0 bridgehead atoms. The van der Waals surface area contributed by atoms with Crippen LogP contribution < -0.4 is 0 Å². The number of aromatic amines is 1. The molecule has 0 aliphatic heterocycles. The molecule has 2 rings (SSSR count). The molecule has 1 heterocycles. The Bertz CT molecular complexity index is 384. The minimum absolute atomic E-state index is 0.775. The molecule has 0 saturated heterocycles. The van der Waals surface area contributed by atoms with Crippen LogP contribution in [0.15, 0.2) is 52.5 Å². The van der Waals surface area contributed by atoms with Gasteiger partial charge in [-0.15, -0.1) is 0 Å². The van der Waals surface area contributed by atoms with E-state index in [0.717, 1.165) is 14.9 Å². The number of benzene rings is 1. The SMILES string of the molecule is Clc1cccc(Sc2ccc[nH]2)c1. The van der Waals surface area contributed by atoms with Gasteiger partial charge in [0.1, 0.15) is 0 Å². The van der Waals surface area contributed by atoms with Crippen molar-refractivity contribution in [3.8, 4) is 0 Å². The van der Waals surface area contributed by atoms with E-state index in [4.69, 9.17) is 11.6 Å². The summed E-state index contributed by atoms with van der Waals surface area (Å²) >= 11 is 7.53. The van der Waals surface area contributed by atoms with Gasteiger partial charge in [0.05, 0.1) is 5.03 Å². The highest BCUT2D eigenvalue weighted by atomic mass is 35.5. The van der Waals surface area contributed by atoms with Crippen LogP contribution in [0.4, 0.5) is 0 Å². The fraction of sp³-hybridized carbons (Fsp3) is 0. The fourth-order valence-electron chi connectivity index (χ4n) is 1.03. The Labute approximate surface area is 86.1 Å². The third kappa shape index (κ3) is 2.29. The second kappa shape index (κ2) is 3.90. The Morgan fingerprint density at radius 3 is 2.77 bits per heavy atom. The molecular weight excluding hydrogens is 202 g/mol. The van der Waals surface area contributed by atoms with E-state index < -0.39 is 0 Å². The van der Waals surface area contributed by atoms with Gasteiger partial charge in [0.15, 0.2) is 0 Å². The van der Waals surface area contributed by atoms with Gasteiger partial charge in [-0.05, 0) is 30.3 Å². The van der Waals surface area contributed by atoms with Crippen LogP contribution in [0.1, 0.15) is 0 Å². The number of hydrogen-bond acceptors (Lipinski definition) is 1. The Hall–Kier alpha value is -0.860. The second-order valence-corrected chi connectivity index (χ2v) is 4.15. The molecule has 0 aliphatic rings. The summed E-state index contributed by atoms with van der Waals surface area (Å²) in [6.07, 6.45) is 1.91. The van der Waals surface area contributed by atoms with Gasteiger partial charge >= 0.3 is 0 Å². The lowest BCUT2D eigenvalue weighted by Gasteiger charge is -1.98. The van der Waals surface area contributed by atoms with Crippen LogP contribution >= 0.6 is 23.4 Å². The quantitative estimate of drug-likeness (QED) is 0.795. The second-order valence-electron chi connectivity index (χ2n) is 2.59. The fourth-order valence-corrected chi connectivity index (χ4v) is 2.15. The topological polar surface area (TPSA) is 15.8 Å². The maximum absolute atomic E-state index is 5.86. The van der Waals surface area contributed by atoms with Crippen LogP contribution in [0.3, 0.4) is 0 Å². The summed E-state index contributed by atoms with van der Waals surface area (Å²) in [5, 5.41) is 1.90. The van der Waals surface area contributed by atoms with Crippen molar-refractivity contribution < 1.29 is 0 Å². The van der Waals surface area contributed by atoms with Crippen molar-refractivity contribution in [2.75, 3.05) is 0 Å². The lowest BCUT2D eigenvalue weighted by Crippen LogP contribution is -1.72. The summed E-state index contributed by atoms with van der Waals surface area (Å²) in [5.74, 6) is 0. The predicted octanol–water partition coefficient (Wildman–Crippen LogP) is 3.82. The number of hydrogen-bond donors (Lipinski definition) is 1. The molecule has 3 heteroatoms. The number of nitrogens with one attached hydrogen (secondary N) is 1. The van der Waals surface area contributed by atoms with Crippen molar-refractivity contribution >= 4 is 23.4 Å². The molecule has 0 aliphatic carbocycles. The predicted molar refractivity (Wildman–Crippen MR) is 56.4 cm³/mol. The summed E-state index contributed by atoms with van der Waals surface area (Å²) in [6, 6.07) is 11.8. The maximum Gasteiger partial charge on any atom is 0.0769 e. The van der Waals surface area contributed by atoms with E-state index in [-0.39, 0.29) is 0 Å². The first-order valence-corrected chi connectivity index (χ1v) is 5.11. The molecule has 2 aromatic rings. The average Bonchev–Trinajstić information content (AvgIpc) is 2.57. The highest BCUT2D eigenvalue weighted by Crippen LogP contribution is 2.27. The molecule has 1 aromatic heterocycles. The van der Waals surface area contributed by atoms with Crippen molar-refractivity contribution in [3.63, 3.8) is 0 Å². The summed E-state index contributed by atoms with van der Waals surface area (Å²) < 4.78 is 0. The zero-order chi connectivity index (χ0) is 9.10. The number of halogens is 1. The van der Waals surface area contributed by atoms with E-state index in [1.54, 1.807) is 11.8 Å². The van der Waals surface area contributed by atoms with E-state index in [9.17, 15) is 0 Å². The van der Waals surface area contributed by atoms with Crippen LogP contribution in [0.2, 0.25) is 5.02 Å². The summed E-state index contributed by atoms with van der Waals surface area (Å²) in [7, 11) is 0. The van der Waals surface area contributed by atoms with Crippen molar-refractivity contribution in [3.05, 3.63) is 47.6 Å². The molecule has 0 radical (unpaired) electrons. The van der Waals surface area contributed by atoms with Crippen molar-refractivity contribution in [2.24, 2.45) is 0 Å². The third-order valence-electron chi connectivity index (χ3n) is 1.59. The first-order valence-electron chi connectivity index (χ1n) is 3.91. The first kappa shape index (κ1) is 8.73. The van der Waals surface area contributed by atoms with Gasteiger partial charge in [-0.1, -0.05) is 29.4 Å². The molecule has 66 valence electrons. The standard InChI is InChI=1S/C10H8ClNS/c11-8-3-1-4-9(7-8)13-10-5-2-6-12-10/h1-7,12H. The molecule has 0 unspecified atom stereocenters. The number of aromatic nitrogens is 1. The van der Waals surface area contributed by atoms with E-state index in [2.05, 4.69) is 4.98 Å². The minimum atomic E-state index is 0.775. The van der Waals surface area contributed by atoms with Crippen LogP contribution in [0, 0.1) is 0 Å². The summed E-state index contributed by atoms with van der Waals surface area (Å²) in [4.78, 5) is 4.27. The molecule has 0 amide bonds. The average molecular weight is 210 g/mol. The Morgan fingerprint density at radius 2 is 2.08 bits per heavy atom. The van der Waals surface area contributed by atoms with E-state index in [0.29, 0.717) is 0 Å². The highest BCUT2D eigenvalue weighted by Gasteiger charge is 1.97. The van der Waals surface area contributed by atoms with Crippen LogP contribution in [0.5, 0.6) is 0 Å². The highest BCUT2D eigenvalue weighted by molar-refractivity contribution is 7.99. The maximum atomic E-state index is 5.86. The van der Waals surface area contributed by atoms with Gasteiger partial charge in [-0.2, -0.15) is 0 Å². The molecule has 1 N–H and O–H groups in total. The van der Waals surface area contributed by atoms with Crippen molar-refractivity contribution in [2.45, 2.75) is 9.92 Å². The van der Waals surface area contributed by atoms with Gasteiger partial charge in [0.25, 0.3) is 0 Å². The van der Waals surface area contributed by atoms with Gasteiger partial charge < -0.3 is 4.98 Å². The van der Waals surface area contributed by atoms with Gasteiger partial charge in [0, 0.05) is 16.1 Å². The molecule has 0 fully saturated rings.